The van der Waals surface area contributed by atoms with E-state index in [0.29, 0.717) is 6.54 Å². The predicted octanol–water partition coefficient (Wildman–Crippen LogP) is 3.93. The highest BCUT2D eigenvalue weighted by molar-refractivity contribution is 9.10. The van der Waals surface area contributed by atoms with E-state index in [9.17, 15) is 0 Å². The number of halogens is 1. The molecular weight excluding hydrogens is 318 g/mol. The molecule has 3 aromatic heterocycles. The topological polar surface area (TPSA) is 42.2 Å². The summed E-state index contributed by atoms with van der Waals surface area (Å²) in [5.74, 6) is 1.86. The molecule has 0 aliphatic carbocycles. The summed E-state index contributed by atoms with van der Waals surface area (Å²) in [4.78, 5) is 10.9. The number of rotatable bonds is 3. The van der Waals surface area contributed by atoms with Crippen LogP contribution < -0.4 is 4.90 Å². The van der Waals surface area contributed by atoms with Crippen LogP contribution in [0.25, 0.3) is 11.0 Å². The average Bonchev–Trinajstić information content (AvgIpc) is 2.83. The lowest BCUT2D eigenvalue weighted by Crippen LogP contribution is -2.16. The molecule has 20 heavy (non-hydrogen) atoms. The van der Waals surface area contributed by atoms with E-state index in [-0.39, 0.29) is 0 Å². The van der Waals surface area contributed by atoms with Crippen molar-refractivity contribution in [1.29, 1.82) is 0 Å². The minimum absolute atomic E-state index is 0.699. The van der Waals surface area contributed by atoms with Gasteiger partial charge in [0, 0.05) is 23.9 Å². The first-order valence-electron chi connectivity index (χ1n) is 6.30. The Bertz CT molecular complexity index is 754. The van der Waals surface area contributed by atoms with Crippen LogP contribution in [-0.4, -0.2) is 17.0 Å². The van der Waals surface area contributed by atoms with Crippen LogP contribution in [0.4, 0.5) is 5.69 Å². The molecule has 0 bridgehead atoms. The first kappa shape index (κ1) is 13.1. The van der Waals surface area contributed by atoms with Crippen molar-refractivity contribution in [3.63, 3.8) is 0 Å². The van der Waals surface area contributed by atoms with Gasteiger partial charge in [0.15, 0.2) is 0 Å². The van der Waals surface area contributed by atoms with E-state index in [1.165, 1.54) is 0 Å². The Hall–Kier alpha value is -1.88. The summed E-state index contributed by atoms with van der Waals surface area (Å²) in [7, 11) is 2.02. The molecule has 0 amide bonds. The molecule has 3 aromatic rings. The standard InChI is InChI=1S/C15H14BrN3O/c1-10-3-4-12(20-10)9-19(2)14-5-6-17-13-7-11(16)8-18-15(13)14/h3-8H,9H2,1-2H3. The zero-order valence-corrected chi connectivity index (χ0v) is 12.9. The molecule has 0 unspecified atom stereocenters. The van der Waals surface area contributed by atoms with E-state index >= 15 is 0 Å². The van der Waals surface area contributed by atoms with Gasteiger partial charge in [-0.25, -0.2) is 0 Å². The SMILES string of the molecule is Cc1ccc(CN(C)c2ccnc3cc(Br)cnc23)o1. The fourth-order valence-corrected chi connectivity index (χ4v) is 2.51. The molecule has 102 valence electrons. The molecule has 0 saturated carbocycles. The second-order valence-corrected chi connectivity index (χ2v) is 5.64. The van der Waals surface area contributed by atoms with Crippen molar-refractivity contribution in [2.75, 3.05) is 11.9 Å². The van der Waals surface area contributed by atoms with Crippen LogP contribution in [-0.2, 0) is 6.54 Å². The van der Waals surface area contributed by atoms with Gasteiger partial charge >= 0.3 is 0 Å². The van der Waals surface area contributed by atoms with Crippen molar-refractivity contribution in [2.24, 2.45) is 0 Å². The molecule has 0 atom stereocenters. The lowest BCUT2D eigenvalue weighted by molar-refractivity contribution is 0.482. The maximum atomic E-state index is 5.62. The Morgan fingerprint density at radius 3 is 2.85 bits per heavy atom. The maximum absolute atomic E-state index is 5.62. The molecule has 0 radical (unpaired) electrons. The number of hydrogen-bond acceptors (Lipinski definition) is 4. The summed E-state index contributed by atoms with van der Waals surface area (Å²) in [5.41, 5.74) is 2.80. The van der Waals surface area contributed by atoms with Gasteiger partial charge in [-0.1, -0.05) is 0 Å². The van der Waals surface area contributed by atoms with Crippen LogP contribution in [0.1, 0.15) is 11.5 Å². The smallest absolute Gasteiger partial charge is 0.123 e. The van der Waals surface area contributed by atoms with Crippen molar-refractivity contribution >= 4 is 32.7 Å². The Morgan fingerprint density at radius 2 is 2.10 bits per heavy atom. The normalized spacial score (nSPS) is 10.9. The van der Waals surface area contributed by atoms with Crippen LogP contribution in [0.2, 0.25) is 0 Å². The Labute approximate surface area is 125 Å². The van der Waals surface area contributed by atoms with Gasteiger partial charge in [0.25, 0.3) is 0 Å². The average molecular weight is 332 g/mol. The van der Waals surface area contributed by atoms with Crippen molar-refractivity contribution in [3.05, 3.63) is 52.7 Å². The fourth-order valence-electron chi connectivity index (χ4n) is 2.19. The molecule has 0 saturated heterocycles. The minimum Gasteiger partial charge on any atom is -0.464 e. The van der Waals surface area contributed by atoms with E-state index < -0.39 is 0 Å². The Balaban J connectivity index is 1.96. The van der Waals surface area contributed by atoms with Crippen LogP contribution in [0.15, 0.2) is 45.5 Å². The summed E-state index contributed by atoms with van der Waals surface area (Å²) < 4.78 is 6.55. The number of nitrogens with zero attached hydrogens (tertiary/aromatic N) is 3. The van der Waals surface area contributed by atoms with Gasteiger partial charge in [0.2, 0.25) is 0 Å². The third kappa shape index (κ3) is 2.54. The molecule has 0 spiro atoms. The molecule has 3 rings (SSSR count). The summed E-state index contributed by atoms with van der Waals surface area (Å²) in [6, 6.07) is 7.91. The van der Waals surface area contributed by atoms with Gasteiger partial charge in [-0.05, 0) is 47.1 Å². The first-order valence-corrected chi connectivity index (χ1v) is 7.09. The van der Waals surface area contributed by atoms with Crippen LogP contribution in [0.3, 0.4) is 0 Å². The van der Waals surface area contributed by atoms with Gasteiger partial charge < -0.3 is 9.32 Å². The molecule has 0 N–H and O–H groups in total. The summed E-state index contributed by atoms with van der Waals surface area (Å²) >= 11 is 3.42. The number of fused-ring (bicyclic) bond motifs is 1. The molecule has 0 aliphatic heterocycles. The van der Waals surface area contributed by atoms with Crippen LogP contribution in [0.5, 0.6) is 0 Å². The zero-order chi connectivity index (χ0) is 14.1. The van der Waals surface area contributed by atoms with E-state index in [1.54, 1.807) is 12.4 Å². The number of hydrogen-bond donors (Lipinski definition) is 0. The molecule has 4 nitrogen and oxygen atoms in total. The molecule has 0 aromatic carbocycles. The van der Waals surface area contributed by atoms with Crippen molar-refractivity contribution in [1.82, 2.24) is 9.97 Å². The first-order chi connectivity index (χ1) is 9.63. The number of pyridine rings is 2. The number of furan rings is 1. The van der Waals surface area contributed by atoms with Crippen molar-refractivity contribution in [3.8, 4) is 0 Å². The highest BCUT2D eigenvalue weighted by Crippen LogP contribution is 2.25. The highest BCUT2D eigenvalue weighted by atomic mass is 79.9. The minimum atomic E-state index is 0.699. The van der Waals surface area contributed by atoms with Gasteiger partial charge in [0.1, 0.15) is 17.0 Å². The number of aryl methyl sites for hydroxylation is 1. The third-order valence-electron chi connectivity index (χ3n) is 3.12. The third-order valence-corrected chi connectivity index (χ3v) is 3.56. The molecular formula is C15H14BrN3O. The molecule has 5 heteroatoms. The van der Waals surface area contributed by atoms with Gasteiger partial charge in [0.05, 0.1) is 17.7 Å². The summed E-state index contributed by atoms with van der Waals surface area (Å²) in [6.07, 6.45) is 3.59. The monoisotopic (exact) mass is 331 g/mol. The Kier molecular flexibility index (Phi) is 3.44. The number of aromatic nitrogens is 2. The lowest BCUT2D eigenvalue weighted by Gasteiger charge is -2.19. The van der Waals surface area contributed by atoms with Crippen molar-refractivity contribution in [2.45, 2.75) is 13.5 Å². The van der Waals surface area contributed by atoms with Gasteiger partial charge in [-0.2, -0.15) is 0 Å². The van der Waals surface area contributed by atoms with E-state index in [1.807, 2.05) is 38.2 Å². The largest absolute Gasteiger partial charge is 0.464 e. The van der Waals surface area contributed by atoms with Crippen LogP contribution >= 0.6 is 15.9 Å². The van der Waals surface area contributed by atoms with Gasteiger partial charge in [-0.15, -0.1) is 0 Å². The molecule has 0 aliphatic rings. The lowest BCUT2D eigenvalue weighted by atomic mass is 10.2. The maximum Gasteiger partial charge on any atom is 0.123 e. The molecule has 0 fully saturated rings. The zero-order valence-electron chi connectivity index (χ0n) is 11.3. The second-order valence-electron chi connectivity index (χ2n) is 4.72. The van der Waals surface area contributed by atoms with E-state index in [0.717, 1.165) is 32.7 Å². The van der Waals surface area contributed by atoms with E-state index in [2.05, 4.69) is 30.8 Å². The summed E-state index contributed by atoms with van der Waals surface area (Å²) in [6.45, 7) is 2.65. The predicted molar refractivity (Wildman–Crippen MR) is 82.8 cm³/mol. The number of anilines is 1. The Morgan fingerprint density at radius 1 is 1.25 bits per heavy atom. The summed E-state index contributed by atoms with van der Waals surface area (Å²) in [5, 5.41) is 0. The molecule has 3 heterocycles. The van der Waals surface area contributed by atoms with E-state index in [4.69, 9.17) is 4.42 Å². The van der Waals surface area contributed by atoms with Crippen LogP contribution in [0, 0.1) is 6.92 Å². The van der Waals surface area contributed by atoms with Crippen molar-refractivity contribution < 1.29 is 4.42 Å². The quantitative estimate of drug-likeness (QED) is 0.729. The highest BCUT2D eigenvalue weighted by Gasteiger charge is 2.10. The van der Waals surface area contributed by atoms with Gasteiger partial charge in [-0.3, -0.25) is 9.97 Å². The second kappa shape index (κ2) is 5.25. The fraction of sp³-hybridized carbons (Fsp3) is 0.200.